The summed E-state index contributed by atoms with van der Waals surface area (Å²) in [6.07, 6.45) is 2.81. The number of carbonyl (C=O) groups is 5. The number of likely N-dealkylation sites (tertiary alicyclic amines) is 2. The van der Waals surface area contributed by atoms with Crippen LogP contribution in [0.4, 0.5) is 0 Å². The van der Waals surface area contributed by atoms with Crippen molar-refractivity contribution in [3.05, 3.63) is 29.8 Å². The van der Waals surface area contributed by atoms with Crippen molar-refractivity contribution in [2.75, 3.05) is 26.2 Å². The smallest absolute Gasteiger partial charge is 0.326 e. The molecule has 2 aliphatic heterocycles. The molecule has 46 heavy (non-hydrogen) atoms. The molecule has 0 unspecified atom stereocenters. The highest BCUT2D eigenvalue weighted by Crippen LogP contribution is 2.23. The molecule has 0 bridgehead atoms. The highest BCUT2D eigenvalue weighted by Gasteiger charge is 2.44. The van der Waals surface area contributed by atoms with Crippen LogP contribution in [0, 0.1) is 0 Å². The van der Waals surface area contributed by atoms with Crippen LogP contribution in [0.3, 0.4) is 0 Å². The minimum absolute atomic E-state index is 0.0115. The number of nitrogens with zero attached hydrogens (tertiary/aromatic N) is 2. The zero-order chi connectivity index (χ0) is 33.8. The minimum Gasteiger partial charge on any atom is -0.508 e. The van der Waals surface area contributed by atoms with Gasteiger partial charge in [-0.2, -0.15) is 0 Å². The van der Waals surface area contributed by atoms with Gasteiger partial charge in [-0.3, -0.25) is 19.2 Å². The molecule has 2 aliphatic rings. The zero-order valence-electron chi connectivity index (χ0n) is 26.2. The van der Waals surface area contributed by atoms with Crippen LogP contribution < -0.4 is 27.8 Å². The molecule has 2 fully saturated rings. The number of nitrogens with one attached hydrogen (secondary N) is 2. The molecule has 15 nitrogen and oxygen atoms in total. The Morgan fingerprint density at radius 2 is 1.46 bits per heavy atom. The highest BCUT2D eigenvalue weighted by molar-refractivity contribution is 5.96. The second kappa shape index (κ2) is 17.8. The van der Waals surface area contributed by atoms with E-state index < -0.39 is 60.0 Å². The number of carbonyl (C=O) groups excluding carboxylic acids is 4. The molecular weight excluding hydrogens is 598 g/mol. The first-order chi connectivity index (χ1) is 22.0. The van der Waals surface area contributed by atoms with E-state index in [0.29, 0.717) is 63.7 Å². The number of benzene rings is 1. The van der Waals surface area contributed by atoms with Gasteiger partial charge in [0.05, 0.1) is 12.1 Å². The number of phenolic OH excluding ortho intramolecular Hbond substituents is 1. The fourth-order valence-electron chi connectivity index (χ4n) is 6.01. The van der Waals surface area contributed by atoms with Crippen molar-refractivity contribution in [2.24, 2.45) is 17.2 Å². The van der Waals surface area contributed by atoms with Crippen molar-refractivity contribution >= 4 is 29.6 Å². The molecule has 1 aromatic carbocycles. The lowest BCUT2D eigenvalue weighted by molar-refractivity contribution is -0.145. The third kappa shape index (κ3) is 10.1. The van der Waals surface area contributed by atoms with Gasteiger partial charge in [0.1, 0.15) is 29.9 Å². The van der Waals surface area contributed by atoms with Gasteiger partial charge in [-0.05, 0) is 75.7 Å². The maximum absolute atomic E-state index is 14.1. The van der Waals surface area contributed by atoms with E-state index in [4.69, 9.17) is 17.2 Å². The Bertz CT molecular complexity index is 1200. The number of amides is 4. The molecule has 15 heteroatoms. The van der Waals surface area contributed by atoms with Crippen LogP contribution in [0.15, 0.2) is 24.3 Å². The maximum atomic E-state index is 14.1. The number of aliphatic hydroxyl groups is 1. The molecule has 0 radical (unpaired) electrons. The fraction of sp³-hybridized carbons (Fsp3) is 0.645. The van der Waals surface area contributed by atoms with Gasteiger partial charge in [0, 0.05) is 25.9 Å². The Morgan fingerprint density at radius 1 is 0.848 bits per heavy atom. The number of β-amino-alcohol motifs (C(OH)–C–C–N with tert-alkyl or cyclic N) is 1. The van der Waals surface area contributed by atoms with Crippen LogP contribution in [0.25, 0.3) is 0 Å². The molecule has 2 saturated heterocycles. The van der Waals surface area contributed by atoms with E-state index in [1.807, 2.05) is 0 Å². The number of aliphatic carboxylic acids is 1. The topological polar surface area (TPSA) is 255 Å². The molecule has 1 aromatic rings. The molecule has 256 valence electrons. The summed E-state index contributed by atoms with van der Waals surface area (Å²) in [6, 6.07) is 0.853. The summed E-state index contributed by atoms with van der Waals surface area (Å²) < 4.78 is 0. The molecule has 2 heterocycles. The number of carboxylic acids is 1. The van der Waals surface area contributed by atoms with E-state index in [-0.39, 0.29) is 37.5 Å². The lowest BCUT2D eigenvalue weighted by Gasteiger charge is -2.31. The molecule has 3 rings (SSSR count). The molecule has 6 atom stereocenters. The Morgan fingerprint density at radius 3 is 2.09 bits per heavy atom. The van der Waals surface area contributed by atoms with Crippen molar-refractivity contribution in [1.82, 2.24) is 20.4 Å². The first kappa shape index (κ1) is 36.7. The monoisotopic (exact) mass is 647 g/mol. The molecular formula is C31H49N7O8. The number of unbranched alkanes of at least 4 members (excludes halogenated alkanes) is 2. The third-order valence-electron chi connectivity index (χ3n) is 8.54. The maximum Gasteiger partial charge on any atom is 0.326 e. The number of carboxylic acid groups (broad SMARTS) is 1. The van der Waals surface area contributed by atoms with Crippen LogP contribution in [0.5, 0.6) is 5.75 Å². The summed E-state index contributed by atoms with van der Waals surface area (Å²) in [7, 11) is 0. The van der Waals surface area contributed by atoms with Gasteiger partial charge in [-0.25, -0.2) is 4.79 Å². The SMILES string of the molecule is NCCCC[C@H](NC(=O)[C@@H]1C[C@@H](O)CN1C(=O)[C@H](Cc1ccc(O)cc1)NC(=O)[C@@H]1CCCN1C(=O)[C@@H](N)CCCCN)C(=O)O. The van der Waals surface area contributed by atoms with Crippen molar-refractivity contribution in [1.29, 1.82) is 0 Å². The standard InChI is InChI=1S/C31H49N7O8/c32-13-3-1-6-22(34)29(43)37-15-5-8-25(37)27(41)36-24(16-19-9-11-20(39)12-10-19)30(44)38-18-21(40)17-26(38)28(42)35-23(31(45)46)7-2-4-14-33/h9-12,21-26,39-40H,1-8,13-18,32-34H2,(H,35,42)(H,36,41)(H,45,46)/t21-,22+,23+,24+,25+,26+/m1/s1. The average Bonchev–Trinajstić information content (AvgIpc) is 3.68. The van der Waals surface area contributed by atoms with Gasteiger partial charge in [-0.1, -0.05) is 18.6 Å². The second-order valence-electron chi connectivity index (χ2n) is 12.1. The molecule has 4 amide bonds. The number of rotatable bonds is 17. The Hall–Kier alpha value is -3.79. The quantitative estimate of drug-likeness (QED) is 0.0906. The van der Waals surface area contributed by atoms with Crippen molar-refractivity contribution in [2.45, 2.75) is 101 Å². The van der Waals surface area contributed by atoms with Gasteiger partial charge < -0.3 is 53.0 Å². The highest BCUT2D eigenvalue weighted by atomic mass is 16.4. The fourth-order valence-corrected chi connectivity index (χ4v) is 6.01. The van der Waals surface area contributed by atoms with Gasteiger partial charge in [-0.15, -0.1) is 0 Å². The summed E-state index contributed by atoms with van der Waals surface area (Å²) in [6.45, 7) is 1.00. The second-order valence-corrected chi connectivity index (χ2v) is 12.1. The summed E-state index contributed by atoms with van der Waals surface area (Å²) in [5.74, 6) is -3.50. The number of hydrogen-bond donors (Lipinski definition) is 8. The number of aliphatic hydroxyl groups excluding tert-OH is 1. The molecule has 0 spiro atoms. The first-order valence-corrected chi connectivity index (χ1v) is 16.0. The third-order valence-corrected chi connectivity index (χ3v) is 8.54. The normalized spacial score (nSPS) is 21.4. The van der Waals surface area contributed by atoms with E-state index in [9.17, 15) is 39.3 Å². The van der Waals surface area contributed by atoms with Crippen LogP contribution in [0.2, 0.25) is 0 Å². The van der Waals surface area contributed by atoms with Crippen LogP contribution in [0.1, 0.15) is 63.4 Å². The van der Waals surface area contributed by atoms with Crippen molar-refractivity contribution in [3.63, 3.8) is 0 Å². The number of hydrogen-bond acceptors (Lipinski definition) is 10. The van der Waals surface area contributed by atoms with Crippen molar-refractivity contribution < 1.29 is 39.3 Å². The lowest BCUT2D eigenvalue weighted by atomic mass is 10.0. The summed E-state index contributed by atoms with van der Waals surface area (Å²) in [5, 5.41) is 35.1. The van der Waals surface area contributed by atoms with Gasteiger partial charge >= 0.3 is 5.97 Å². The summed E-state index contributed by atoms with van der Waals surface area (Å²) in [5.41, 5.74) is 17.8. The molecule has 0 aromatic heterocycles. The number of phenols is 1. The predicted molar refractivity (Wildman–Crippen MR) is 168 cm³/mol. The summed E-state index contributed by atoms with van der Waals surface area (Å²) >= 11 is 0. The zero-order valence-corrected chi connectivity index (χ0v) is 26.2. The van der Waals surface area contributed by atoms with Crippen molar-refractivity contribution in [3.8, 4) is 5.75 Å². The Balaban J connectivity index is 1.80. The van der Waals surface area contributed by atoms with E-state index in [2.05, 4.69) is 10.6 Å². The largest absolute Gasteiger partial charge is 0.508 e. The predicted octanol–water partition coefficient (Wildman–Crippen LogP) is -1.47. The van der Waals surface area contributed by atoms with Gasteiger partial charge in [0.25, 0.3) is 0 Å². The van der Waals surface area contributed by atoms with Crippen LogP contribution in [-0.2, 0) is 30.4 Å². The number of aromatic hydroxyl groups is 1. The van der Waals surface area contributed by atoms with E-state index in [1.54, 1.807) is 12.1 Å². The number of nitrogens with two attached hydrogens (primary N) is 3. The Labute approximate surface area is 268 Å². The van der Waals surface area contributed by atoms with Crippen LogP contribution >= 0.6 is 0 Å². The molecule has 0 saturated carbocycles. The molecule has 0 aliphatic carbocycles. The van der Waals surface area contributed by atoms with E-state index in [1.165, 1.54) is 17.0 Å². The minimum atomic E-state index is -1.23. The van der Waals surface area contributed by atoms with E-state index in [0.717, 1.165) is 11.3 Å². The van der Waals surface area contributed by atoms with Gasteiger partial charge in [0.2, 0.25) is 23.6 Å². The van der Waals surface area contributed by atoms with Gasteiger partial charge in [0.15, 0.2) is 0 Å². The Kier molecular flexibility index (Phi) is 14.2. The average molecular weight is 648 g/mol. The summed E-state index contributed by atoms with van der Waals surface area (Å²) in [4.78, 5) is 68.6. The first-order valence-electron chi connectivity index (χ1n) is 16.0. The van der Waals surface area contributed by atoms with E-state index >= 15 is 0 Å². The van der Waals surface area contributed by atoms with Crippen LogP contribution in [-0.4, -0.2) is 117 Å². The lowest BCUT2D eigenvalue weighted by Crippen LogP contribution is -2.58. The molecule has 11 N–H and O–H groups in total.